The van der Waals surface area contributed by atoms with Gasteiger partial charge in [-0.25, -0.2) is 0 Å². The van der Waals surface area contributed by atoms with E-state index in [-0.39, 0.29) is 0 Å². The maximum absolute atomic E-state index is 4.62. The van der Waals surface area contributed by atoms with Crippen LogP contribution in [0.3, 0.4) is 0 Å². The van der Waals surface area contributed by atoms with Gasteiger partial charge in [0.05, 0.1) is 5.69 Å². The zero-order valence-corrected chi connectivity index (χ0v) is 16.3. The minimum Gasteiger partial charge on any atom is -0.256 e. The van der Waals surface area contributed by atoms with Gasteiger partial charge in [-0.1, -0.05) is 42.5 Å². The van der Waals surface area contributed by atoms with E-state index in [0.717, 1.165) is 11.6 Å². The van der Waals surface area contributed by atoms with Crippen LogP contribution in [0, 0.1) is 5.92 Å². The first-order valence-corrected chi connectivity index (χ1v) is 11.0. The Morgan fingerprint density at radius 1 is 0.778 bits per heavy atom. The van der Waals surface area contributed by atoms with Gasteiger partial charge >= 0.3 is 0 Å². The minimum atomic E-state index is 0.431. The van der Waals surface area contributed by atoms with Gasteiger partial charge < -0.3 is 0 Å². The molecule has 1 nitrogen and oxygen atoms in total. The number of nitrogens with zero attached hydrogens (tertiary/aromatic N) is 1. The van der Waals surface area contributed by atoms with Gasteiger partial charge in [-0.3, -0.25) is 4.98 Å². The zero-order chi connectivity index (χ0) is 17.8. The number of hydrogen-bond donors (Lipinski definition) is 0. The predicted molar refractivity (Wildman–Crippen MR) is 115 cm³/mol. The van der Waals surface area contributed by atoms with Crippen LogP contribution in [0.1, 0.15) is 44.1 Å². The SMILES string of the molecule is c1ccc(-c2cccc3c2sc2c(C45CCC(CC4)CC5)cccc23)nc1. The molecule has 3 aliphatic carbocycles. The summed E-state index contributed by atoms with van der Waals surface area (Å²) in [6, 6.07) is 20.0. The average Bonchev–Trinajstić information content (AvgIpc) is 3.14. The van der Waals surface area contributed by atoms with E-state index in [1.54, 1.807) is 5.56 Å². The number of pyridine rings is 1. The molecule has 0 saturated heterocycles. The third-order valence-corrected chi connectivity index (χ3v) is 8.42. The summed E-state index contributed by atoms with van der Waals surface area (Å²) in [6.07, 6.45) is 10.3. The lowest BCUT2D eigenvalue weighted by Crippen LogP contribution is -2.37. The Hall–Kier alpha value is -2.19. The van der Waals surface area contributed by atoms with Gasteiger partial charge in [0.2, 0.25) is 0 Å². The fraction of sp³-hybridized carbons (Fsp3) is 0.320. The van der Waals surface area contributed by atoms with Crippen LogP contribution in [-0.4, -0.2) is 4.98 Å². The smallest absolute Gasteiger partial charge is 0.0716 e. The molecule has 27 heavy (non-hydrogen) atoms. The standard InChI is InChI=1S/C25H23NS/c1-2-16-26-22(9-1)20-7-3-5-18-19-6-4-8-21(24(19)27-23(18)20)25-13-10-17(11-14-25)12-15-25/h1-9,16-17H,10-15H2. The molecule has 0 unspecified atom stereocenters. The molecule has 2 aromatic carbocycles. The van der Waals surface area contributed by atoms with Crippen LogP contribution in [0.4, 0.5) is 0 Å². The van der Waals surface area contributed by atoms with Crippen LogP contribution in [0.25, 0.3) is 31.4 Å². The first-order chi connectivity index (χ1) is 13.3. The Kier molecular flexibility index (Phi) is 3.46. The maximum atomic E-state index is 4.62. The van der Waals surface area contributed by atoms with Crippen molar-refractivity contribution in [3.8, 4) is 11.3 Å². The Labute approximate surface area is 164 Å². The molecule has 0 spiro atoms. The Balaban J connectivity index is 1.62. The molecule has 2 heteroatoms. The highest BCUT2D eigenvalue weighted by atomic mass is 32.1. The lowest BCUT2D eigenvalue weighted by Gasteiger charge is -2.47. The lowest BCUT2D eigenvalue weighted by molar-refractivity contribution is 0.137. The summed E-state index contributed by atoms with van der Waals surface area (Å²) in [5.74, 6) is 1.00. The summed E-state index contributed by atoms with van der Waals surface area (Å²) in [5, 5.41) is 2.83. The van der Waals surface area contributed by atoms with Crippen LogP contribution in [0.5, 0.6) is 0 Å². The summed E-state index contributed by atoms with van der Waals surface area (Å²) >= 11 is 1.99. The minimum absolute atomic E-state index is 0.431. The van der Waals surface area contributed by atoms with Crippen molar-refractivity contribution in [2.45, 2.75) is 43.9 Å². The van der Waals surface area contributed by atoms with Crippen molar-refractivity contribution in [1.82, 2.24) is 4.98 Å². The Bertz CT molecular complexity index is 1120. The first-order valence-electron chi connectivity index (χ1n) is 10.2. The van der Waals surface area contributed by atoms with Crippen LogP contribution < -0.4 is 0 Å². The van der Waals surface area contributed by atoms with E-state index in [9.17, 15) is 0 Å². The van der Waals surface area contributed by atoms with E-state index >= 15 is 0 Å². The second-order valence-electron chi connectivity index (χ2n) is 8.44. The van der Waals surface area contributed by atoms with Crippen molar-refractivity contribution in [3.05, 3.63) is 66.4 Å². The van der Waals surface area contributed by atoms with Gasteiger partial charge in [0.25, 0.3) is 0 Å². The number of rotatable bonds is 2. The topological polar surface area (TPSA) is 12.9 Å². The van der Waals surface area contributed by atoms with Crippen molar-refractivity contribution in [1.29, 1.82) is 0 Å². The van der Waals surface area contributed by atoms with Gasteiger partial charge in [-0.05, 0) is 67.6 Å². The van der Waals surface area contributed by atoms with Crippen LogP contribution in [-0.2, 0) is 5.41 Å². The molecule has 0 N–H and O–H groups in total. The highest BCUT2D eigenvalue weighted by Gasteiger charge is 2.42. The maximum Gasteiger partial charge on any atom is 0.0716 e. The Morgan fingerprint density at radius 3 is 2.26 bits per heavy atom. The largest absolute Gasteiger partial charge is 0.256 e. The third kappa shape index (κ3) is 2.32. The highest BCUT2D eigenvalue weighted by molar-refractivity contribution is 7.26. The number of benzene rings is 2. The molecular formula is C25H23NS. The summed E-state index contributed by atoms with van der Waals surface area (Å²) in [6.45, 7) is 0. The zero-order valence-electron chi connectivity index (χ0n) is 15.4. The molecular weight excluding hydrogens is 346 g/mol. The van der Waals surface area contributed by atoms with Crippen molar-refractivity contribution < 1.29 is 0 Å². The molecule has 3 saturated carbocycles. The monoisotopic (exact) mass is 369 g/mol. The summed E-state index contributed by atoms with van der Waals surface area (Å²) in [7, 11) is 0. The van der Waals surface area contributed by atoms with Gasteiger partial charge in [-0.2, -0.15) is 0 Å². The summed E-state index contributed by atoms with van der Waals surface area (Å²) in [4.78, 5) is 4.62. The van der Waals surface area contributed by atoms with Crippen LogP contribution in [0.15, 0.2) is 60.8 Å². The molecule has 0 aliphatic heterocycles. The molecule has 134 valence electrons. The molecule has 4 aromatic rings. The van der Waals surface area contributed by atoms with Crippen LogP contribution >= 0.6 is 11.3 Å². The molecule has 0 amide bonds. The van der Waals surface area contributed by atoms with E-state index in [1.807, 2.05) is 23.6 Å². The Morgan fingerprint density at radius 2 is 1.52 bits per heavy atom. The van der Waals surface area contributed by atoms with Crippen molar-refractivity contribution in [2.24, 2.45) is 5.92 Å². The average molecular weight is 370 g/mol. The molecule has 2 aromatic heterocycles. The highest BCUT2D eigenvalue weighted by Crippen LogP contribution is 2.54. The third-order valence-electron chi connectivity index (χ3n) is 7.13. The van der Waals surface area contributed by atoms with Crippen molar-refractivity contribution in [3.63, 3.8) is 0 Å². The van der Waals surface area contributed by atoms with E-state index in [2.05, 4.69) is 53.5 Å². The number of aromatic nitrogens is 1. The summed E-state index contributed by atoms with van der Waals surface area (Å²) < 4.78 is 2.91. The number of thiophene rings is 1. The number of hydrogen-bond acceptors (Lipinski definition) is 2. The van der Waals surface area contributed by atoms with Crippen molar-refractivity contribution >= 4 is 31.5 Å². The molecule has 0 radical (unpaired) electrons. The molecule has 7 rings (SSSR count). The van der Waals surface area contributed by atoms with E-state index in [1.165, 1.54) is 64.3 Å². The van der Waals surface area contributed by atoms with Crippen molar-refractivity contribution in [2.75, 3.05) is 0 Å². The van der Waals surface area contributed by atoms with Gasteiger partial charge in [0.1, 0.15) is 0 Å². The fourth-order valence-electron chi connectivity index (χ4n) is 5.61. The van der Waals surface area contributed by atoms with E-state index in [4.69, 9.17) is 0 Å². The van der Waals surface area contributed by atoms with E-state index < -0.39 is 0 Å². The van der Waals surface area contributed by atoms with Gasteiger partial charge in [0.15, 0.2) is 0 Å². The molecule has 0 atom stereocenters. The quantitative estimate of drug-likeness (QED) is 0.360. The lowest BCUT2D eigenvalue weighted by atomic mass is 9.58. The second-order valence-corrected chi connectivity index (χ2v) is 9.46. The van der Waals surface area contributed by atoms with Crippen LogP contribution in [0.2, 0.25) is 0 Å². The second kappa shape index (κ2) is 5.90. The van der Waals surface area contributed by atoms with Gasteiger partial charge in [0, 0.05) is 31.9 Å². The van der Waals surface area contributed by atoms with Gasteiger partial charge in [-0.15, -0.1) is 11.3 Å². The number of fused-ring (bicyclic) bond motifs is 6. The first kappa shape index (κ1) is 15.8. The normalized spacial score (nSPS) is 24.7. The molecule has 3 aliphatic rings. The predicted octanol–water partition coefficient (Wildman–Crippen LogP) is 7.34. The van der Waals surface area contributed by atoms with E-state index in [0.29, 0.717) is 5.41 Å². The summed E-state index contributed by atoms with van der Waals surface area (Å²) in [5.41, 5.74) is 4.41. The molecule has 2 bridgehead atoms. The molecule has 3 fully saturated rings. The molecule has 2 heterocycles. The fourth-order valence-corrected chi connectivity index (χ4v) is 7.07.